The van der Waals surface area contributed by atoms with Crippen molar-refractivity contribution < 1.29 is 52.2 Å². The summed E-state index contributed by atoms with van der Waals surface area (Å²) in [6.45, 7) is 1.11. The van der Waals surface area contributed by atoms with Crippen molar-refractivity contribution >= 4 is 17.6 Å². The van der Waals surface area contributed by atoms with E-state index in [0.717, 1.165) is 47.1 Å². The summed E-state index contributed by atoms with van der Waals surface area (Å²) in [5.74, 6) is 0.0118. The number of hydrogen-bond donors (Lipinski definition) is 0. The summed E-state index contributed by atoms with van der Waals surface area (Å²) in [6.07, 6.45) is -5.54. The van der Waals surface area contributed by atoms with Gasteiger partial charge in [0.05, 0.1) is 45.2 Å². The number of carbonyl (C=O) groups excluding carboxylic acids is 1. The van der Waals surface area contributed by atoms with Crippen LogP contribution in [0.1, 0.15) is 63.9 Å². The topological polar surface area (TPSA) is 158 Å². The molecule has 2 saturated heterocycles. The van der Waals surface area contributed by atoms with Gasteiger partial charge in [-0.15, -0.1) is 11.6 Å². The van der Waals surface area contributed by atoms with Crippen LogP contribution in [-0.2, 0) is 80.4 Å². The maximum atomic E-state index is 13.6. The van der Waals surface area contributed by atoms with Crippen molar-refractivity contribution in [2.45, 2.75) is 120 Å². The van der Waals surface area contributed by atoms with Gasteiger partial charge in [-0.25, -0.2) is 4.79 Å². The number of ether oxygens (including phenoxy) is 10. The highest BCUT2D eigenvalue weighted by Gasteiger charge is 2.54. The molecule has 2 aliphatic rings. The van der Waals surface area contributed by atoms with E-state index in [-0.39, 0.29) is 39.6 Å². The van der Waals surface area contributed by atoms with Crippen LogP contribution in [0.15, 0.2) is 187 Å². The number of alkyl halides is 1. The number of unbranched alkanes of at least 4 members (excludes halogenated alkanes) is 3. The van der Waals surface area contributed by atoms with E-state index in [9.17, 15) is 10.3 Å². The molecule has 0 radical (unpaired) electrons. The minimum atomic E-state index is -1.37. The SMILES string of the molecule is [N-]=[N+]=N[C@H]1[C@H](O[C@H]2[C@H](OCCCCCCCl)O[C@H](COCc3ccccc3)[C@@H](OCc3ccccc3)[C@@H]2OCc2ccccc2)O[C@H](COC(=O)c2ccccc2)[C@H](OCc2ccccc2)[C@@H]1OCc1ccccc1. The number of carbonyl (C=O) groups is 1. The Labute approximate surface area is 444 Å². The van der Waals surface area contributed by atoms with Gasteiger partial charge in [0.15, 0.2) is 12.6 Å². The molecule has 0 spiro atoms. The molecule has 6 aromatic carbocycles. The van der Waals surface area contributed by atoms with Gasteiger partial charge in [-0.2, -0.15) is 0 Å². The smallest absolute Gasteiger partial charge is 0.338 e. The van der Waals surface area contributed by atoms with E-state index in [1.807, 2.05) is 158 Å². The van der Waals surface area contributed by atoms with Crippen molar-refractivity contribution in [3.63, 3.8) is 0 Å². The predicted molar refractivity (Wildman–Crippen MR) is 283 cm³/mol. The number of halogens is 1. The van der Waals surface area contributed by atoms with E-state index >= 15 is 0 Å². The zero-order chi connectivity index (χ0) is 51.7. The minimum Gasteiger partial charge on any atom is -0.459 e. The monoisotopic (exact) mass is 1040 g/mol. The maximum absolute atomic E-state index is 13.6. The molecule has 0 N–H and O–H groups in total. The number of hydrogen-bond acceptors (Lipinski definition) is 12. The number of benzene rings is 6. The van der Waals surface area contributed by atoms with E-state index < -0.39 is 67.3 Å². The quantitative estimate of drug-likeness (QED) is 0.0110. The van der Waals surface area contributed by atoms with E-state index in [1.165, 1.54) is 0 Å². The molecule has 8 rings (SSSR count). The number of esters is 1. The van der Waals surface area contributed by atoms with Crippen molar-refractivity contribution in [2.75, 3.05) is 25.7 Å². The molecule has 75 heavy (non-hydrogen) atoms. The van der Waals surface area contributed by atoms with Crippen LogP contribution in [0, 0.1) is 0 Å². The lowest BCUT2D eigenvalue weighted by molar-refractivity contribution is -0.366. The van der Waals surface area contributed by atoms with E-state index in [4.69, 9.17) is 59.0 Å². The fraction of sp³-hybridized carbons (Fsp3) is 0.383. The van der Waals surface area contributed by atoms with Crippen LogP contribution in [-0.4, -0.2) is 93.0 Å². The van der Waals surface area contributed by atoms with E-state index in [0.29, 0.717) is 31.1 Å². The molecule has 0 amide bonds. The Morgan fingerprint density at radius 3 is 1.41 bits per heavy atom. The first kappa shape index (κ1) is 55.3. The van der Waals surface area contributed by atoms with Gasteiger partial charge < -0.3 is 47.4 Å². The van der Waals surface area contributed by atoms with Gasteiger partial charge in [0.25, 0.3) is 0 Å². The first-order chi connectivity index (χ1) is 37.1. The Bertz CT molecular complexity index is 2570. The minimum absolute atomic E-state index is 0.113. The van der Waals surface area contributed by atoms with Gasteiger partial charge in [0.2, 0.25) is 0 Å². The third kappa shape index (κ3) is 17.0. The van der Waals surface area contributed by atoms with Gasteiger partial charge in [-0.1, -0.05) is 188 Å². The molecule has 0 aliphatic carbocycles. The van der Waals surface area contributed by atoms with Crippen LogP contribution in [0.2, 0.25) is 0 Å². The molecule has 2 aliphatic heterocycles. The Kier molecular flexibility index (Phi) is 22.5. The van der Waals surface area contributed by atoms with Crippen LogP contribution in [0.4, 0.5) is 0 Å². The molecule has 0 aromatic heterocycles. The van der Waals surface area contributed by atoms with Crippen molar-refractivity contribution in [3.05, 3.63) is 226 Å². The number of rotatable bonds is 29. The van der Waals surface area contributed by atoms with E-state index in [2.05, 4.69) is 10.0 Å². The highest BCUT2D eigenvalue weighted by molar-refractivity contribution is 6.17. The summed E-state index contributed by atoms with van der Waals surface area (Å²) in [5.41, 5.74) is 15.3. The van der Waals surface area contributed by atoms with Crippen molar-refractivity contribution in [2.24, 2.45) is 5.11 Å². The van der Waals surface area contributed by atoms with Crippen LogP contribution in [0.25, 0.3) is 10.4 Å². The standard InChI is InChI=1S/C60H66ClN3O11/c61-35-21-1-2-22-36-67-60-57(56(71-41-48-31-17-7-18-32-48)54(69-39-46-27-13-5-14-28-46)50(74-60)42-66-37-44-23-9-3-10-24-44)75-59-52(63-64-62)55(70-40-47-29-15-6-16-30-47)53(68-38-45-25-11-4-12-26-45)51(73-59)43-72-58(65)49-33-19-8-20-34-49/h3-20,23-34,50-57,59-60H,1-2,21-22,35-43H2/t50-,51-,52-,53+,54-,55-,56+,57-,59+,60-/m1/s1. The largest absolute Gasteiger partial charge is 0.459 e. The van der Waals surface area contributed by atoms with Crippen LogP contribution < -0.4 is 0 Å². The zero-order valence-electron chi connectivity index (χ0n) is 42.0. The molecular formula is C60H66ClN3O11. The molecule has 0 unspecified atom stereocenters. The summed E-state index contributed by atoms with van der Waals surface area (Å²) in [5, 5.41) is 4.37. The molecule has 2 fully saturated rings. The predicted octanol–water partition coefficient (Wildman–Crippen LogP) is 11.7. The summed E-state index contributed by atoms with van der Waals surface area (Å²) >= 11 is 6.05. The average Bonchev–Trinajstić information content (AvgIpc) is 3.46. The van der Waals surface area contributed by atoms with Gasteiger partial charge in [0.1, 0.15) is 55.4 Å². The molecule has 394 valence electrons. The first-order valence-electron chi connectivity index (χ1n) is 25.7. The number of azide groups is 1. The fourth-order valence-corrected chi connectivity index (χ4v) is 9.24. The third-order valence-electron chi connectivity index (χ3n) is 12.9. The highest BCUT2D eigenvalue weighted by atomic mass is 35.5. The van der Waals surface area contributed by atoms with Crippen LogP contribution >= 0.6 is 11.6 Å². The number of nitrogens with zero attached hydrogens (tertiary/aromatic N) is 3. The first-order valence-corrected chi connectivity index (χ1v) is 26.2. The van der Waals surface area contributed by atoms with Crippen molar-refractivity contribution in [1.82, 2.24) is 0 Å². The summed E-state index contributed by atoms with van der Waals surface area (Å²) in [6, 6.07) is 56.4. The third-order valence-corrected chi connectivity index (χ3v) is 13.2. The lowest BCUT2D eigenvalue weighted by atomic mass is 9.95. The molecule has 15 heteroatoms. The van der Waals surface area contributed by atoms with Crippen molar-refractivity contribution in [3.8, 4) is 0 Å². The molecule has 0 bridgehead atoms. The van der Waals surface area contributed by atoms with Gasteiger partial charge >= 0.3 is 5.97 Å². The maximum Gasteiger partial charge on any atom is 0.338 e. The Morgan fingerprint density at radius 2 is 0.907 bits per heavy atom. The molecule has 14 nitrogen and oxygen atoms in total. The Balaban J connectivity index is 1.18. The summed E-state index contributed by atoms with van der Waals surface area (Å²) in [4.78, 5) is 17.0. The highest BCUT2D eigenvalue weighted by Crippen LogP contribution is 2.37. The van der Waals surface area contributed by atoms with E-state index in [1.54, 1.807) is 24.3 Å². The van der Waals surface area contributed by atoms with Crippen molar-refractivity contribution in [1.29, 1.82) is 0 Å². The normalized spacial score (nSPS) is 23.5. The lowest BCUT2D eigenvalue weighted by Crippen LogP contribution is -2.65. The summed E-state index contributed by atoms with van der Waals surface area (Å²) in [7, 11) is 0. The Hall–Kier alpha value is -5.97. The van der Waals surface area contributed by atoms with Gasteiger partial charge in [0, 0.05) is 17.4 Å². The Morgan fingerprint density at radius 1 is 0.480 bits per heavy atom. The van der Waals surface area contributed by atoms with Crippen LogP contribution in [0.5, 0.6) is 0 Å². The lowest BCUT2D eigenvalue weighted by Gasteiger charge is -2.49. The molecular weight excluding hydrogens is 974 g/mol. The second-order valence-electron chi connectivity index (χ2n) is 18.4. The fourth-order valence-electron chi connectivity index (χ4n) is 9.05. The summed E-state index contributed by atoms with van der Waals surface area (Å²) < 4.78 is 67.9. The molecule has 2 heterocycles. The van der Waals surface area contributed by atoms with Crippen LogP contribution in [0.3, 0.4) is 0 Å². The molecule has 0 saturated carbocycles. The van der Waals surface area contributed by atoms with Gasteiger partial charge in [-0.05, 0) is 58.3 Å². The second-order valence-corrected chi connectivity index (χ2v) is 18.7. The average molecular weight is 1040 g/mol. The zero-order valence-corrected chi connectivity index (χ0v) is 42.8. The molecule has 6 aromatic rings. The molecule has 10 atom stereocenters. The van der Waals surface area contributed by atoms with Gasteiger partial charge in [-0.3, -0.25) is 0 Å². The second kappa shape index (κ2) is 30.5.